The Labute approximate surface area is 160 Å². The lowest BCUT2D eigenvalue weighted by atomic mass is 10.1. The average Bonchev–Trinajstić information content (AvgIpc) is 2.68. The van der Waals surface area contributed by atoms with Crippen molar-refractivity contribution < 1.29 is 9.59 Å². The molecule has 1 aliphatic heterocycles. The topological polar surface area (TPSA) is 61.4 Å². The SMILES string of the molecule is Cc1cccc(C)c1NCC(=O)Nc1cccc(C(=O)N2CCCCC2)c1. The summed E-state index contributed by atoms with van der Waals surface area (Å²) >= 11 is 0. The fraction of sp³-hybridized carbons (Fsp3) is 0.364. The van der Waals surface area contributed by atoms with E-state index in [1.807, 2.05) is 55.1 Å². The largest absolute Gasteiger partial charge is 0.376 e. The second-order valence-corrected chi connectivity index (χ2v) is 7.10. The summed E-state index contributed by atoms with van der Waals surface area (Å²) in [7, 11) is 0. The van der Waals surface area contributed by atoms with Gasteiger partial charge in [-0.2, -0.15) is 0 Å². The zero-order valence-electron chi connectivity index (χ0n) is 16.0. The Balaban J connectivity index is 1.60. The Morgan fingerprint density at radius 3 is 2.33 bits per heavy atom. The zero-order chi connectivity index (χ0) is 19.2. The summed E-state index contributed by atoms with van der Waals surface area (Å²) in [6.07, 6.45) is 3.31. The van der Waals surface area contributed by atoms with Crippen LogP contribution in [0.3, 0.4) is 0 Å². The van der Waals surface area contributed by atoms with Crippen molar-refractivity contribution in [1.82, 2.24) is 4.90 Å². The normalized spacial score (nSPS) is 13.9. The van der Waals surface area contributed by atoms with E-state index in [4.69, 9.17) is 0 Å². The van der Waals surface area contributed by atoms with Gasteiger partial charge in [-0.25, -0.2) is 0 Å². The molecule has 0 spiro atoms. The van der Waals surface area contributed by atoms with Crippen LogP contribution in [0.15, 0.2) is 42.5 Å². The lowest BCUT2D eigenvalue weighted by Gasteiger charge is -2.26. The Morgan fingerprint density at radius 2 is 1.63 bits per heavy atom. The minimum Gasteiger partial charge on any atom is -0.376 e. The van der Waals surface area contributed by atoms with Gasteiger partial charge in [-0.15, -0.1) is 0 Å². The molecule has 3 rings (SSSR count). The summed E-state index contributed by atoms with van der Waals surface area (Å²) in [5, 5.41) is 6.08. The fourth-order valence-electron chi connectivity index (χ4n) is 3.48. The first-order chi connectivity index (χ1) is 13.0. The van der Waals surface area contributed by atoms with Crippen molar-refractivity contribution in [2.75, 3.05) is 30.3 Å². The van der Waals surface area contributed by atoms with Gasteiger partial charge in [0.05, 0.1) is 6.54 Å². The van der Waals surface area contributed by atoms with Crippen molar-refractivity contribution in [3.05, 3.63) is 59.2 Å². The van der Waals surface area contributed by atoms with Crippen LogP contribution < -0.4 is 10.6 Å². The minimum absolute atomic E-state index is 0.0412. The number of benzene rings is 2. The van der Waals surface area contributed by atoms with Gasteiger partial charge in [0.2, 0.25) is 5.91 Å². The molecule has 0 saturated carbocycles. The van der Waals surface area contributed by atoms with Gasteiger partial charge in [-0.05, 0) is 62.4 Å². The van der Waals surface area contributed by atoms with Gasteiger partial charge < -0.3 is 15.5 Å². The number of para-hydroxylation sites is 1. The van der Waals surface area contributed by atoms with Crippen LogP contribution in [0.5, 0.6) is 0 Å². The molecule has 0 aliphatic carbocycles. The van der Waals surface area contributed by atoms with Gasteiger partial charge in [-0.1, -0.05) is 24.3 Å². The summed E-state index contributed by atoms with van der Waals surface area (Å²) in [6.45, 7) is 5.84. The monoisotopic (exact) mass is 365 g/mol. The first kappa shape index (κ1) is 19.0. The fourth-order valence-corrected chi connectivity index (χ4v) is 3.48. The third-order valence-corrected chi connectivity index (χ3v) is 4.94. The molecule has 2 aromatic carbocycles. The molecular formula is C22H27N3O2. The van der Waals surface area contributed by atoms with Crippen molar-refractivity contribution in [2.45, 2.75) is 33.1 Å². The Hall–Kier alpha value is -2.82. The highest BCUT2D eigenvalue weighted by molar-refractivity contribution is 5.98. The number of carbonyl (C=O) groups excluding carboxylic acids is 2. The molecule has 1 heterocycles. The third kappa shape index (κ3) is 4.88. The smallest absolute Gasteiger partial charge is 0.253 e. The van der Waals surface area contributed by atoms with Crippen LogP contribution in [0.1, 0.15) is 40.7 Å². The molecule has 0 radical (unpaired) electrons. The zero-order valence-corrected chi connectivity index (χ0v) is 16.0. The number of aryl methyl sites for hydroxylation is 2. The van der Waals surface area contributed by atoms with Gasteiger partial charge >= 0.3 is 0 Å². The number of amides is 2. The second kappa shape index (κ2) is 8.71. The molecular weight excluding hydrogens is 338 g/mol. The molecule has 0 unspecified atom stereocenters. The summed E-state index contributed by atoms with van der Waals surface area (Å²) in [5.41, 5.74) is 4.47. The molecule has 27 heavy (non-hydrogen) atoms. The highest BCUT2D eigenvalue weighted by Gasteiger charge is 2.18. The molecule has 0 bridgehead atoms. The average molecular weight is 365 g/mol. The van der Waals surface area contributed by atoms with E-state index in [1.54, 1.807) is 6.07 Å². The standard InChI is InChI=1S/C22H27N3O2/c1-16-8-6-9-17(2)21(16)23-15-20(26)24-19-11-7-10-18(14-19)22(27)25-12-4-3-5-13-25/h6-11,14,23H,3-5,12-13,15H2,1-2H3,(H,24,26). The Morgan fingerprint density at radius 1 is 0.963 bits per heavy atom. The van der Waals surface area contributed by atoms with Crippen LogP contribution in [-0.4, -0.2) is 36.3 Å². The van der Waals surface area contributed by atoms with Gasteiger partial charge in [0.1, 0.15) is 0 Å². The van der Waals surface area contributed by atoms with Crippen molar-refractivity contribution in [3.8, 4) is 0 Å². The van der Waals surface area contributed by atoms with E-state index in [9.17, 15) is 9.59 Å². The van der Waals surface area contributed by atoms with E-state index in [0.717, 1.165) is 42.7 Å². The quantitative estimate of drug-likeness (QED) is 0.842. The number of nitrogens with zero attached hydrogens (tertiary/aromatic N) is 1. The molecule has 2 aromatic rings. The molecule has 5 nitrogen and oxygen atoms in total. The van der Waals surface area contributed by atoms with E-state index in [0.29, 0.717) is 11.3 Å². The summed E-state index contributed by atoms with van der Waals surface area (Å²) in [5.74, 6) is -0.0975. The van der Waals surface area contributed by atoms with E-state index in [-0.39, 0.29) is 18.4 Å². The van der Waals surface area contributed by atoms with Crippen molar-refractivity contribution >= 4 is 23.2 Å². The Bertz CT molecular complexity index is 806. The van der Waals surface area contributed by atoms with Crippen molar-refractivity contribution in [2.24, 2.45) is 0 Å². The highest BCUT2D eigenvalue weighted by Crippen LogP contribution is 2.19. The summed E-state index contributed by atoms with van der Waals surface area (Å²) in [6, 6.07) is 13.2. The number of nitrogens with one attached hydrogen (secondary N) is 2. The number of likely N-dealkylation sites (tertiary alicyclic amines) is 1. The number of hydrogen-bond donors (Lipinski definition) is 2. The molecule has 1 aliphatic rings. The number of carbonyl (C=O) groups is 2. The molecule has 1 saturated heterocycles. The first-order valence-electron chi connectivity index (χ1n) is 9.54. The van der Waals surface area contributed by atoms with Crippen LogP contribution in [0.25, 0.3) is 0 Å². The number of hydrogen-bond acceptors (Lipinski definition) is 3. The Kier molecular flexibility index (Phi) is 6.12. The predicted octanol–water partition coefficient (Wildman–Crippen LogP) is 3.98. The van der Waals surface area contributed by atoms with Gasteiger partial charge in [0.15, 0.2) is 0 Å². The van der Waals surface area contributed by atoms with Crippen LogP contribution in [0, 0.1) is 13.8 Å². The van der Waals surface area contributed by atoms with E-state index >= 15 is 0 Å². The maximum absolute atomic E-state index is 12.6. The second-order valence-electron chi connectivity index (χ2n) is 7.10. The third-order valence-electron chi connectivity index (χ3n) is 4.94. The molecule has 2 amide bonds. The van der Waals surface area contributed by atoms with Crippen molar-refractivity contribution in [1.29, 1.82) is 0 Å². The highest BCUT2D eigenvalue weighted by atomic mass is 16.2. The van der Waals surface area contributed by atoms with Gasteiger partial charge in [0.25, 0.3) is 5.91 Å². The minimum atomic E-state index is -0.139. The number of piperidine rings is 1. The van der Waals surface area contributed by atoms with Crippen LogP contribution in [-0.2, 0) is 4.79 Å². The van der Waals surface area contributed by atoms with Gasteiger partial charge in [0, 0.05) is 30.0 Å². The lowest BCUT2D eigenvalue weighted by molar-refractivity contribution is -0.114. The first-order valence-corrected chi connectivity index (χ1v) is 9.54. The molecule has 2 N–H and O–H groups in total. The number of rotatable bonds is 5. The lowest BCUT2D eigenvalue weighted by Crippen LogP contribution is -2.35. The van der Waals surface area contributed by atoms with Crippen LogP contribution in [0.2, 0.25) is 0 Å². The molecule has 0 atom stereocenters. The molecule has 1 fully saturated rings. The molecule has 5 heteroatoms. The van der Waals surface area contributed by atoms with Crippen LogP contribution in [0.4, 0.5) is 11.4 Å². The van der Waals surface area contributed by atoms with E-state index < -0.39 is 0 Å². The van der Waals surface area contributed by atoms with E-state index in [2.05, 4.69) is 10.6 Å². The molecule has 142 valence electrons. The summed E-state index contributed by atoms with van der Waals surface area (Å²) < 4.78 is 0. The maximum atomic E-state index is 12.6. The number of anilines is 2. The molecule has 0 aromatic heterocycles. The van der Waals surface area contributed by atoms with Crippen molar-refractivity contribution in [3.63, 3.8) is 0 Å². The van der Waals surface area contributed by atoms with E-state index in [1.165, 1.54) is 6.42 Å². The van der Waals surface area contributed by atoms with Crippen LogP contribution >= 0.6 is 0 Å². The maximum Gasteiger partial charge on any atom is 0.253 e. The predicted molar refractivity (Wildman–Crippen MR) is 109 cm³/mol. The summed E-state index contributed by atoms with van der Waals surface area (Å²) in [4.78, 5) is 26.8. The van der Waals surface area contributed by atoms with Gasteiger partial charge in [-0.3, -0.25) is 9.59 Å².